The highest BCUT2D eigenvalue weighted by molar-refractivity contribution is 5.96. The van der Waals surface area contributed by atoms with Gasteiger partial charge >= 0.3 is 0 Å². The van der Waals surface area contributed by atoms with Crippen LogP contribution in [0.3, 0.4) is 0 Å². The largest absolute Gasteiger partial charge is 0.508 e. The van der Waals surface area contributed by atoms with E-state index in [1.807, 2.05) is 41.9 Å². The van der Waals surface area contributed by atoms with E-state index in [4.69, 9.17) is 5.10 Å². The molecule has 0 spiro atoms. The summed E-state index contributed by atoms with van der Waals surface area (Å²) in [6.45, 7) is 3.88. The molecule has 2 N–H and O–H groups in total. The van der Waals surface area contributed by atoms with Crippen LogP contribution < -0.4 is 10.3 Å². The number of phenolic OH excluding ortho intramolecular Hbond substituents is 1. The normalized spacial score (nSPS) is 13.9. The van der Waals surface area contributed by atoms with Crippen molar-refractivity contribution in [2.75, 3.05) is 18.0 Å². The van der Waals surface area contributed by atoms with Crippen LogP contribution in [0, 0.1) is 6.92 Å². The highest BCUT2D eigenvalue weighted by Crippen LogP contribution is 2.28. The SMILES string of the molecule is Cc1nn(-c2ccccc2)c(N2CCCC2)c1/C=N/NC(=O)c1cccc(O)c1. The molecule has 7 nitrogen and oxygen atoms in total. The number of nitrogens with zero attached hydrogens (tertiary/aromatic N) is 4. The van der Waals surface area contributed by atoms with Crippen LogP contribution in [-0.2, 0) is 0 Å². The summed E-state index contributed by atoms with van der Waals surface area (Å²) in [7, 11) is 0. The van der Waals surface area contributed by atoms with E-state index in [9.17, 15) is 9.90 Å². The number of para-hydroxylation sites is 1. The molecule has 1 aliphatic heterocycles. The van der Waals surface area contributed by atoms with Gasteiger partial charge in [0.25, 0.3) is 5.91 Å². The highest BCUT2D eigenvalue weighted by Gasteiger charge is 2.23. The molecule has 7 heteroatoms. The summed E-state index contributed by atoms with van der Waals surface area (Å²) < 4.78 is 1.94. The average Bonchev–Trinajstić information content (AvgIpc) is 3.37. The number of hydrazone groups is 1. The van der Waals surface area contributed by atoms with Crippen LogP contribution in [0.15, 0.2) is 59.7 Å². The first-order chi connectivity index (χ1) is 14.1. The number of aromatic nitrogens is 2. The van der Waals surface area contributed by atoms with Gasteiger partial charge in [0.2, 0.25) is 0 Å². The quantitative estimate of drug-likeness (QED) is 0.518. The van der Waals surface area contributed by atoms with Gasteiger partial charge in [0.15, 0.2) is 0 Å². The van der Waals surface area contributed by atoms with Crippen molar-refractivity contribution in [1.29, 1.82) is 0 Å². The monoisotopic (exact) mass is 389 g/mol. The molecule has 1 aromatic heterocycles. The van der Waals surface area contributed by atoms with Gasteiger partial charge < -0.3 is 10.0 Å². The highest BCUT2D eigenvalue weighted by atomic mass is 16.3. The third-order valence-electron chi connectivity index (χ3n) is 4.96. The number of nitrogens with one attached hydrogen (secondary N) is 1. The lowest BCUT2D eigenvalue weighted by molar-refractivity contribution is 0.0954. The molecule has 1 fully saturated rings. The van der Waals surface area contributed by atoms with Crippen LogP contribution in [0.2, 0.25) is 0 Å². The lowest BCUT2D eigenvalue weighted by Gasteiger charge is -2.20. The molecular formula is C22H23N5O2. The summed E-state index contributed by atoms with van der Waals surface area (Å²) in [5.41, 5.74) is 5.59. The first-order valence-electron chi connectivity index (χ1n) is 9.66. The zero-order valence-electron chi connectivity index (χ0n) is 16.2. The second-order valence-electron chi connectivity index (χ2n) is 7.01. The van der Waals surface area contributed by atoms with Crippen LogP contribution in [0.4, 0.5) is 5.82 Å². The summed E-state index contributed by atoms with van der Waals surface area (Å²) in [5.74, 6) is 0.646. The van der Waals surface area contributed by atoms with Gasteiger partial charge in [-0.3, -0.25) is 4.79 Å². The number of aromatic hydroxyl groups is 1. The lowest BCUT2D eigenvalue weighted by atomic mass is 10.2. The lowest BCUT2D eigenvalue weighted by Crippen LogP contribution is -2.23. The smallest absolute Gasteiger partial charge is 0.271 e. The maximum atomic E-state index is 12.3. The van der Waals surface area contributed by atoms with E-state index in [2.05, 4.69) is 15.4 Å². The van der Waals surface area contributed by atoms with E-state index >= 15 is 0 Å². The zero-order chi connectivity index (χ0) is 20.2. The molecule has 0 atom stereocenters. The molecule has 29 heavy (non-hydrogen) atoms. The van der Waals surface area contributed by atoms with Gasteiger partial charge in [0.05, 0.1) is 23.2 Å². The standard InChI is InChI=1S/C22H23N5O2/c1-16-20(15-23-24-21(29)17-8-7-11-19(28)14-17)22(26-12-5-6-13-26)27(25-16)18-9-3-2-4-10-18/h2-4,7-11,14-15,28H,5-6,12-13H2,1H3,(H,24,29)/b23-15+. The molecule has 1 saturated heterocycles. The topological polar surface area (TPSA) is 82.8 Å². The molecule has 2 aromatic carbocycles. The number of aryl methyl sites for hydroxylation is 1. The molecule has 3 aromatic rings. The van der Waals surface area contributed by atoms with Crippen molar-refractivity contribution in [3.8, 4) is 11.4 Å². The number of hydrogen-bond acceptors (Lipinski definition) is 5. The summed E-state index contributed by atoms with van der Waals surface area (Å²) in [6.07, 6.45) is 3.93. The number of carbonyl (C=O) groups excluding carboxylic acids is 1. The Bertz CT molecular complexity index is 1040. The van der Waals surface area contributed by atoms with Crippen molar-refractivity contribution in [3.63, 3.8) is 0 Å². The van der Waals surface area contributed by atoms with Crippen LogP contribution in [-0.4, -0.2) is 40.1 Å². The van der Waals surface area contributed by atoms with E-state index in [1.165, 1.54) is 12.1 Å². The summed E-state index contributed by atoms with van der Waals surface area (Å²) >= 11 is 0. The molecule has 1 amide bonds. The molecule has 2 heterocycles. The second kappa shape index (κ2) is 8.18. The van der Waals surface area contributed by atoms with Gasteiger partial charge in [-0.15, -0.1) is 0 Å². The minimum Gasteiger partial charge on any atom is -0.508 e. The van der Waals surface area contributed by atoms with E-state index in [0.29, 0.717) is 5.56 Å². The molecule has 4 rings (SSSR count). The Morgan fingerprint density at radius 3 is 2.62 bits per heavy atom. The number of carbonyl (C=O) groups is 1. The number of amides is 1. The number of phenols is 1. The van der Waals surface area contributed by atoms with E-state index in [0.717, 1.165) is 48.7 Å². The van der Waals surface area contributed by atoms with Gasteiger partial charge in [-0.25, -0.2) is 10.1 Å². The van der Waals surface area contributed by atoms with Crippen molar-refractivity contribution in [1.82, 2.24) is 15.2 Å². The Labute approximate surface area is 169 Å². The third kappa shape index (κ3) is 3.99. The Kier molecular flexibility index (Phi) is 5.29. The Balaban J connectivity index is 1.63. The Morgan fingerprint density at radius 2 is 1.90 bits per heavy atom. The fourth-order valence-corrected chi connectivity index (χ4v) is 3.53. The maximum Gasteiger partial charge on any atom is 0.271 e. The fraction of sp³-hybridized carbons (Fsp3) is 0.227. The number of rotatable bonds is 5. The van der Waals surface area contributed by atoms with Gasteiger partial charge in [0, 0.05) is 18.7 Å². The molecule has 1 aliphatic rings. The van der Waals surface area contributed by atoms with Crippen molar-refractivity contribution in [2.45, 2.75) is 19.8 Å². The van der Waals surface area contributed by atoms with Gasteiger partial charge in [0.1, 0.15) is 11.6 Å². The Morgan fingerprint density at radius 1 is 1.14 bits per heavy atom. The number of hydrogen-bond donors (Lipinski definition) is 2. The van der Waals surface area contributed by atoms with Crippen molar-refractivity contribution in [3.05, 3.63) is 71.4 Å². The minimum atomic E-state index is -0.382. The first-order valence-corrected chi connectivity index (χ1v) is 9.66. The van der Waals surface area contributed by atoms with Gasteiger partial charge in [-0.05, 0) is 50.1 Å². The van der Waals surface area contributed by atoms with E-state index in [-0.39, 0.29) is 11.7 Å². The molecule has 0 saturated carbocycles. The van der Waals surface area contributed by atoms with Gasteiger partial charge in [-0.1, -0.05) is 24.3 Å². The molecule has 0 aliphatic carbocycles. The van der Waals surface area contributed by atoms with Crippen molar-refractivity contribution in [2.24, 2.45) is 5.10 Å². The summed E-state index contributed by atoms with van der Waals surface area (Å²) in [5, 5.41) is 18.4. The number of anilines is 1. The second-order valence-corrected chi connectivity index (χ2v) is 7.01. The van der Waals surface area contributed by atoms with Crippen LogP contribution in [0.1, 0.15) is 34.5 Å². The maximum absolute atomic E-state index is 12.3. The summed E-state index contributed by atoms with van der Waals surface area (Å²) in [4.78, 5) is 14.6. The molecule has 0 unspecified atom stereocenters. The molecule has 148 valence electrons. The first kappa shape index (κ1) is 18.7. The molecule has 0 radical (unpaired) electrons. The van der Waals surface area contributed by atoms with Crippen molar-refractivity contribution >= 4 is 17.9 Å². The van der Waals surface area contributed by atoms with Gasteiger partial charge in [-0.2, -0.15) is 10.2 Å². The van der Waals surface area contributed by atoms with Crippen LogP contribution in [0.5, 0.6) is 5.75 Å². The van der Waals surface area contributed by atoms with Crippen LogP contribution in [0.25, 0.3) is 5.69 Å². The summed E-state index contributed by atoms with van der Waals surface area (Å²) in [6, 6.07) is 16.2. The average molecular weight is 389 g/mol. The Hall–Kier alpha value is -3.61. The minimum absolute atomic E-state index is 0.0398. The third-order valence-corrected chi connectivity index (χ3v) is 4.96. The molecule has 0 bridgehead atoms. The van der Waals surface area contributed by atoms with E-state index in [1.54, 1.807) is 18.3 Å². The van der Waals surface area contributed by atoms with E-state index < -0.39 is 0 Å². The zero-order valence-corrected chi connectivity index (χ0v) is 16.2. The molecular weight excluding hydrogens is 366 g/mol. The fourth-order valence-electron chi connectivity index (χ4n) is 3.53. The predicted molar refractivity (Wildman–Crippen MR) is 113 cm³/mol. The number of benzene rings is 2. The predicted octanol–water partition coefficient (Wildman–Crippen LogP) is 3.25. The van der Waals surface area contributed by atoms with Crippen LogP contribution >= 0.6 is 0 Å². The van der Waals surface area contributed by atoms with Crippen molar-refractivity contribution < 1.29 is 9.90 Å².